The molecule has 0 amide bonds. The van der Waals surface area contributed by atoms with Crippen LogP contribution in [0.15, 0.2) is 35.2 Å². The van der Waals surface area contributed by atoms with E-state index in [1.54, 1.807) is 19.1 Å². The minimum Gasteiger partial charge on any atom is -0.391 e. The molecule has 0 aliphatic rings. The van der Waals surface area contributed by atoms with Gasteiger partial charge in [-0.05, 0) is 59.8 Å². The van der Waals surface area contributed by atoms with E-state index in [0.717, 1.165) is 3.57 Å². The maximum Gasteiger partial charge on any atom is 0.263 e. The second kappa shape index (κ2) is 5.78. The zero-order chi connectivity index (χ0) is 14.0. The fourth-order valence-electron chi connectivity index (χ4n) is 1.60. The molecule has 7 heteroatoms. The third-order valence-electron chi connectivity index (χ3n) is 2.47. The lowest BCUT2D eigenvalue weighted by molar-refractivity contribution is 0.285. The van der Waals surface area contributed by atoms with Crippen molar-refractivity contribution >= 4 is 49.6 Å². The number of rotatable bonds is 4. The molecule has 0 aliphatic carbocycles. The first-order chi connectivity index (χ1) is 8.92. The van der Waals surface area contributed by atoms with Crippen LogP contribution in [0.3, 0.4) is 0 Å². The summed E-state index contributed by atoms with van der Waals surface area (Å²) in [6.45, 7) is 1.58. The summed E-state index contributed by atoms with van der Waals surface area (Å²) in [5.41, 5.74) is 0.525. The monoisotopic (exact) mass is 409 g/mol. The van der Waals surface area contributed by atoms with Gasteiger partial charge in [0, 0.05) is 19.0 Å². The molecule has 0 unspecified atom stereocenters. The number of anilines is 1. The van der Waals surface area contributed by atoms with Gasteiger partial charge in [0.15, 0.2) is 0 Å². The van der Waals surface area contributed by atoms with E-state index >= 15 is 0 Å². The Morgan fingerprint density at radius 2 is 1.95 bits per heavy atom. The first-order valence-electron chi connectivity index (χ1n) is 5.41. The number of hydrogen-bond donors (Lipinski definition) is 2. The molecule has 0 radical (unpaired) electrons. The van der Waals surface area contributed by atoms with Gasteiger partial charge >= 0.3 is 0 Å². The minimum absolute atomic E-state index is 0.148. The molecule has 102 valence electrons. The van der Waals surface area contributed by atoms with Crippen LogP contribution < -0.4 is 4.72 Å². The van der Waals surface area contributed by atoms with Crippen LogP contribution in [-0.4, -0.2) is 13.5 Å². The molecule has 1 aromatic carbocycles. The highest BCUT2D eigenvalue weighted by molar-refractivity contribution is 14.1. The maximum atomic E-state index is 12.2. The van der Waals surface area contributed by atoms with E-state index in [2.05, 4.69) is 27.3 Å². The molecule has 0 spiro atoms. The third-order valence-corrected chi connectivity index (χ3v) is 5.86. The second-order valence-corrected chi connectivity index (χ2v) is 8.14. The van der Waals surface area contributed by atoms with Crippen LogP contribution in [0.25, 0.3) is 0 Å². The number of aliphatic hydroxyl groups is 1. The van der Waals surface area contributed by atoms with Gasteiger partial charge in [-0.15, -0.1) is 11.3 Å². The largest absolute Gasteiger partial charge is 0.391 e. The molecule has 4 nitrogen and oxygen atoms in total. The molecule has 0 aliphatic heterocycles. The molecule has 1 aromatic heterocycles. The highest BCUT2D eigenvalue weighted by atomic mass is 127. The molecule has 0 saturated heterocycles. The highest BCUT2D eigenvalue weighted by Crippen LogP contribution is 2.27. The number of aryl methyl sites for hydroxylation is 1. The Kier molecular flexibility index (Phi) is 4.49. The summed E-state index contributed by atoms with van der Waals surface area (Å²) in [5, 5.41) is 9.06. The number of halogens is 1. The highest BCUT2D eigenvalue weighted by Gasteiger charge is 2.19. The quantitative estimate of drug-likeness (QED) is 0.764. The summed E-state index contributed by atoms with van der Waals surface area (Å²) in [6.07, 6.45) is 0. The molecule has 2 rings (SSSR count). The van der Waals surface area contributed by atoms with Crippen LogP contribution >= 0.6 is 33.9 Å². The van der Waals surface area contributed by atoms with Gasteiger partial charge in [-0.3, -0.25) is 4.72 Å². The van der Waals surface area contributed by atoms with E-state index < -0.39 is 10.0 Å². The van der Waals surface area contributed by atoms with Crippen LogP contribution in [0.2, 0.25) is 0 Å². The maximum absolute atomic E-state index is 12.2. The molecule has 0 bridgehead atoms. The Balaban J connectivity index is 2.31. The summed E-state index contributed by atoms with van der Waals surface area (Å²) in [7, 11) is -3.60. The molecule has 2 aromatic rings. The van der Waals surface area contributed by atoms with E-state index in [4.69, 9.17) is 5.11 Å². The van der Waals surface area contributed by atoms with Crippen molar-refractivity contribution in [2.45, 2.75) is 18.4 Å². The van der Waals surface area contributed by atoms with Gasteiger partial charge in [-0.25, -0.2) is 8.42 Å². The van der Waals surface area contributed by atoms with Gasteiger partial charge in [-0.2, -0.15) is 0 Å². The second-order valence-electron chi connectivity index (χ2n) is 3.90. The lowest BCUT2D eigenvalue weighted by Crippen LogP contribution is -2.13. The fraction of sp³-hybridized carbons (Fsp3) is 0.167. The first-order valence-corrected chi connectivity index (χ1v) is 8.79. The van der Waals surface area contributed by atoms with Gasteiger partial charge in [0.2, 0.25) is 0 Å². The lowest BCUT2D eigenvalue weighted by Gasteiger charge is -2.07. The molecule has 0 saturated carbocycles. The molecule has 19 heavy (non-hydrogen) atoms. The van der Waals surface area contributed by atoms with Gasteiger partial charge in [-0.1, -0.05) is 0 Å². The van der Waals surface area contributed by atoms with Crippen molar-refractivity contribution in [3.8, 4) is 0 Å². The molecule has 2 N–H and O–H groups in total. The van der Waals surface area contributed by atoms with Gasteiger partial charge in [0.25, 0.3) is 10.0 Å². The number of thiophene rings is 1. The van der Waals surface area contributed by atoms with E-state index in [1.165, 1.54) is 17.4 Å². The Morgan fingerprint density at radius 1 is 1.32 bits per heavy atom. The fourth-order valence-corrected chi connectivity index (χ4v) is 4.51. The van der Waals surface area contributed by atoms with E-state index in [0.29, 0.717) is 15.4 Å². The normalized spacial score (nSPS) is 11.5. The molecule has 1 heterocycles. The Labute approximate surface area is 129 Å². The van der Waals surface area contributed by atoms with Gasteiger partial charge in [0.05, 0.1) is 6.61 Å². The Bertz CT molecular complexity index is 678. The summed E-state index contributed by atoms with van der Waals surface area (Å²) < 4.78 is 28.1. The number of sulfonamides is 1. The molecule has 0 fully saturated rings. The zero-order valence-electron chi connectivity index (χ0n) is 10.1. The average molecular weight is 409 g/mol. The van der Waals surface area contributed by atoms with Crippen molar-refractivity contribution in [3.05, 3.63) is 43.7 Å². The smallest absolute Gasteiger partial charge is 0.263 e. The standard InChI is InChI=1S/C12H12INO3S2/c1-8-12(6-11(7-15)18-8)19(16,17)14-10-4-2-9(13)3-5-10/h2-6,14-15H,7H2,1H3. The van der Waals surface area contributed by atoms with E-state index in [9.17, 15) is 8.42 Å². The molecular formula is C12H12INO3S2. The summed E-state index contributed by atoms with van der Waals surface area (Å²) in [5.74, 6) is 0. The predicted molar refractivity (Wildman–Crippen MR) is 84.9 cm³/mol. The first kappa shape index (κ1) is 14.8. The summed E-state index contributed by atoms with van der Waals surface area (Å²) in [6, 6.07) is 8.60. The van der Waals surface area contributed by atoms with E-state index in [1.807, 2.05) is 12.1 Å². The third kappa shape index (κ3) is 3.47. The Morgan fingerprint density at radius 3 is 2.47 bits per heavy atom. The van der Waals surface area contributed by atoms with Crippen molar-refractivity contribution in [1.29, 1.82) is 0 Å². The van der Waals surface area contributed by atoms with Crippen LogP contribution in [0, 0.1) is 10.5 Å². The van der Waals surface area contributed by atoms with Crippen LogP contribution in [-0.2, 0) is 16.6 Å². The van der Waals surface area contributed by atoms with Gasteiger partial charge in [0.1, 0.15) is 4.90 Å². The summed E-state index contributed by atoms with van der Waals surface area (Å²) in [4.78, 5) is 1.53. The number of nitrogens with one attached hydrogen (secondary N) is 1. The van der Waals surface area contributed by atoms with Gasteiger partial charge < -0.3 is 5.11 Å². The predicted octanol–water partition coefficient (Wildman–Crippen LogP) is 2.95. The number of aliphatic hydroxyl groups excluding tert-OH is 1. The number of benzene rings is 1. The lowest BCUT2D eigenvalue weighted by atomic mass is 10.3. The average Bonchev–Trinajstić information content (AvgIpc) is 2.74. The van der Waals surface area contributed by atoms with Crippen LogP contribution in [0.5, 0.6) is 0 Å². The Hall–Kier alpha value is -0.640. The van der Waals surface area contributed by atoms with Crippen molar-refractivity contribution in [3.63, 3.8) is 0 Å². The van der Waals surface area contributed by atoms with Crippen molar-refractivity contribution < 1.29 is 13.5 Å². The van der Waals surface area contributed by atoms with Crippen molar-refractivity contribution in [1.82, 2.24) is 0 Å². The van der Waals surface area contributed by atoms with Crippen LogP contribution in [0.1, 0.15) is 9.75 Å². The summed E-state index contributed by atoms with van der Waals surface area (Å²) >= 11 is 3.44. The zero-order valence-corrected chi connectivity index (χ0v) is 13.8. The topological polar surface area (TPSA) is 66.4 Å². The molecule has 0 atom stereocenters. The minimum atomic E-state index is -3.60. The van der Waals surface area contributed by atoms with Crippen LogP contribution in [0.4, 0.5) is 5.69 Å². The SMILES string of the molecule is Cc1sc(CO)cc1S(=O)(=O)Nc1ccc(I)cc1. The molecular weight excluding hydrogens is 397 g/mol. The van der Waals surface area contributed by atoms with Crippen molar-refractivity contribution in [2.75, 3.05) is 4.72 Å². The number of hydrogen-bond acceptors (Lipinski definition) is 4. The van der Waals surface area contributed by atoms with Crippen molar-refractivity contribution in [2.24, 2.45) is 0 Å². The van der Waals surface area contributed by atoms with E-state index in [-0.39, 0.29) is 11.5 Å².